The van der Waals surface area contributed by atoms with Gasteiger partial charge in [-0.1, -0.05) is 18.2 Å². The Morgan fingerprint density at radius 3 is 2.45 bits per heavy atom. The molecule has 0 atom stereocenters. The second-order valence-electron chi connectivity index (χ2n) is 6.31. The van der Waals surface area contributed by atoms with Crippen LogP contribution in [0.15, 0.2) is 47.5 Å². The van der Waals surface area contributed by atoms with E-state index in [1.54, 1.807) is 19.2 Å². The zero-order chi connectivity index (χ0) is 20.8. The fourth-order valence-electron chi connectivity index (χ4n) is 3.05. The molecule has 0 aliphatic carbocycles. The van der Waals surface area contributed by atoms with Crippen molar-refractivity contribution in [1.29, 1.82) is 0 Å². The molecule has 29 heavy (non-hydrogen) atoms. The van der Waals surface area contributed by atoms with E-state index >= 15 is 0 Å². The molecule has 0 fully saturated rings. The number of ether oxygens (including phenoxy) is 3. The quantitative estimate of drug-likeness (QED) is 0.623. The number of benzene rings is 2. The minimum Gasteiger partial charge on any atom is -0.496 e. The van der Waals surface area contributed by atoms with Crippen LogP contribution in [0, 0.1) is 0 Å². The Bertz CT molecular complexity index is 1080. The van der Waals surface area contributed by atoms with Crippen molar-refractivity contribution in [3.8, 4) is 17.2 Å². The van der Waals surface area contributed by atoms with Crippen LogP contribution in [0.1, 0.15) is 5.56 Å². The fraction of sp³-hybridized carbons (Fsp3) is 0.286. The van der Waals surface area contributed by atoms with Gasteiger partial charge in [0.25, 0.3) is 5.56 Å². The lowest BCUT2D eigenvalue weighted by Gasteiger charge is -2.11. The van der Waals surface area contributed by atoms with Crippen molar-refractivity contribution in [1.82, 2.24) is 14.9 Å². The summed E-state index contributed by atoms with van der Waals surface area (Å²) in [6, 6.07) is 10.8. The van der Waals surface area contributed by atoms with Gasteiger partial charge in [0.2, 0.25) is 5.91 Å². The van der Waals surface area contributed by atoms with Crippen LogP contribution in [0.25, 0.3) is 10.9 Å². The molecule has 8 heteroatoms. The zero-order valence-corrected chi connectivity index (χ0v) is 16.6. The van der Waals surface area contributed by atoms with Crippen LogP contribution in [0.3, 0.4) is 0 Å². The van der Waals surface area contributed by atoms with Crippen LogP contribution in [0.2, 0.25) is 0 Å². The van der Waals surface area contributed by atoms with Crippen LogP contribution in [0.5, 0.6) is 17.2 Å². The molecular formula is C21H23N3O5. The van der Waals surface area contributed by atoms with Gasteiger partial charge in [-0.2, -0.15) is 0 Å². The van der Waals surface area contributed by atoms with E-state index in [0.717, 1.165) is 11.3 Å². The number of hydrogen-bond donors (Lipinski definition) is 1. The Morgan fingerprint density at radius 2 is 1.72 bits per heavy atom. The largest absolute Gasteiger partial charge is 0.496 e. The SMILES string of the molecule is COc1ccccc1CCNC(=O)Cn1cnc2cc(OC)c(OC)cc2c1=O. The van der Waals surface area contributed by atoms with Crippen molar-refractivity contribution in [2.24, 2.45) is 0 Å². The van der Waals surface area contributed by atoms with Gasteiger partial charge < -0.3 is 19.5 Å². The molecule has 0 bridgehead atoms. The molecule has 3 rings (SSSR count). The monoisotopic (exact) mass is 397 g/mol. The molecule has 1 amide bonds. The summed E-state index contributed by atoms with van der Waals surface area (Å²) in [5.74, 6) is 1.42. The van der Waals surface area contributed by atoms with E-state index in [4.69, 9.17) is 14.2 Å². The molecule has 0 spiro atoms. The zero-order valence-electron chi connectivity index (χ0n) is 16.6. The summed E-state index contributed by atoms with van der Waals surface area (Å²) in [7, 11) is 4.62. The Morgan fingerprint density at radius 1 is 1.03 bits per heavy atom. The molecule has 0 saturated heterocycles. The lowest BCUT2D eigenvalue weighted by Crippen LogP contribution is -2.33. The predicted molar refractivity (Wildman–Crippen MR) is 109 cm³/mol. The summed E-state index contributed by atoms with van der Waals surface area (Å²) < 4.78 is 17.0. The number of amides is 1. The third-order valence-corrected chi connectivity index (χ3v) is 4.55. The highest BCUT2D eigenvalue weighted by atomic mass is 16.5. The third kappa shape index (κ3) is 4.48. The molecule has 0 unspecified atom stereocenters. The number of nitrogens with one attached hydrogen (secondary N) is 1. The molecule has 0 radical (unpaired) electrons. The van der Waals surface area contributed by atoms with Gasteiger partial charge in [0.1, 0.15) is 12.3 Å². The van der Waals surface area contributed by atoms with E-state index < -0.39 is 0 Å². The van der Waals surface area contributed by atoms with Gasteiger partial charge in [0.15, 0.2) is 11.5 Å². The minimum atomic E-state index is -0.323. The first kappa shape index (κ1) is 20.2. The van der Waals surface area contributed by atoms with Gasteiger partial charge in [-0.15, -0.1) is 0 Å². The number of para-hydroxylation sites is 1. The topological polar surface area (TPSA) is 91.7 Å². The van der Waals surface area contributed by atoms with Gasteiger partial charge in [-0.3, -0.25) is 14.2 Å². The van der Waals surface area contributed by atoms with Crippen molar-refractivity contribution < 1.29 is 19.0 Å². The van der Waals surface area contributed by atoms with E-state index in [9.17, 15) is 9.59 Å². The van der Waals surface area contributed by atoms with Crippen molar-refractivity contribution in [2.45, 2.75) is 13.0 Å². The number of rotatable bonds is 8. The van der Waals surface area contributed by atoms with Gasteiger partial charge >= 0.3 is 0 Å². The highest BCUT2D eigenvalue weighted by Gasteiger charge is 2.13. The number of fused-ring (bicyclic) bond motifs is 1. The lowest BCUT2D eigenvalue weighted by molar-refractivity contribution is -0.121. The molecular weight excluding hydrogens is 374 g/mol. The molecule has 1 N–H and O–H groups in total. The maximum absolute atomic E-state index is 12.7. The molecule has 0 saturated carbocycles. The van der Waals surface area contributed by atoms with Gasteiger partial charge in [-0.05, 0) is 24.1 Å². The third-order valence-electron chi connectivity index (χ3n) is 4.55. The number of hydrogen-bond acceptors (Lipinski definition) is 6. The molecule has 0 aliphatic rings. The van der Waals surface area contributed by atoms with Crippen molar-refractivity contribution >= 4 is 16.8 Å². The first-order valence-electron chi connectivity index (χ1n) is 9.07. The van der Waals surface area contributed by atoms with E-state index in [1.807, 2.05) is 24.3 Å². The summed E-state index contributed by atoms with van der Waals surface area (Å²) in [6.45, 7) is 0.308. The normalized spacial score (nSPS) is 10.6. The Balaban J connectivity index is 1.70. The number of carbonyl (C=O) groups is 1. The Labute approximate surface area is 168 Å². The summed E-state index contributed by atoms with van der Waals surface area (Å²) in [5.41, 5.74) is 1.15. The van der Waals surface area contributed by atoms with E-state index in [1.165, 1.54) is 25.1 Å². The van der Waals surface area contributed by atoms with Gasteiger partial charge in [-0.25, -0.2) is 4.98 Å². The number of nitrogens with zero attached hydrogens (tertiary/aromatic N) is 2. The van der Waals surface area contributed by atoms with Gasteiger partial charge in [0, 0.05) is 12.6 Å². The van der Waals surface area contributed by atoms with Crippen molar-refractivity contribution in [3.63, 3.8) is 0 Å². The Kier molecular flexibility index (Phi) is 6.33. The molecule has 0 aliphatic heterocycles. The molecule has 3 aromatic rings. The number of methoxy groups -OCH3 is 3. The summed E-state index contributed by atoms with van der Waals surface area (Å²) in [6.07, 6.45) is 1.98. The van der Waals surface area contributed by atoms with Crippen molar-refractivity contribution in [2.75, 3.05) is 27.9 Å². The van der Waals surface area contributed by atoms with E-state index in [-0.39, 0.29) is 18.0 Å². The predicted octanol–water partition coefficient (Wildman–Crippen LogP) is 1.78. The second kappa shape index (κ2) is 9.09. The standard InChI is InChI=1S/C21H23N3O5/c1-27-17-7-5-4-6-14(17)8-9-22-20(25)12-24-13-23-16-11-19(29-3)18(28-2)10-15(16)21(24)26/h4-7,10-11,13H,8-9,12H2,1-3H3,(H,22,25). The van der Waals surface area contributed by atoms with Crippen LogP contribution in [-0.2, 0) is 17.8 Å². The van der Waals surface area contributed by atoms with Gasteiger partial charge in [0.05, 0.1) is 38.6 Å². The molecule has 152 valence electrons. The maximum Gasteiger partial charge on any atom is 0.261 e. The van der Waals surface area contributed by atoms with E-state index in [2.05, 4.69) is 10.3 Å². The first-order chi connectivity index (χ1) is 14.1. The molecule has 8 nitrogen and oxygen atoms in total. The Hall–Kier alpha value is -3.55. The highest BCUT2D eigenvalue weighted by molar-refractivity contribution is 5.82. The summed E-state index contributed by atoms with van der Waals surface area (Å²) in [5, 5.41) is 3.17. The molecule has 2 aromatic carbocycles. The molecule has 1 heterocycles. The highest BCUT2D eigenvalue weighted by Crippen LogP contribution is 2.29. The minimum absolute atomic E-state index is 0.123. The van der Waals surface area contributed by atoms with Crippen molar-refractivity contribution in [3.05, 3.63) is 58.6 Å². The fourth-order valence-corrected chi connectivity index (χ4v) is 3.05. The number of aromatic nitrogens is 2. The van der Waals surface area contributed by atoms with Crippen LogP contribution in [-0.4, -0.2) is 43.3 Å². The molecule has 1 aromatic heterocycles. The second-order valence-corrected chi connectivity index (χ2v) is 6.31. The first-order valence-corrected chi connectivity index (χ1v) is 9.07. The average Bonchev–Trinajstić information content (AvgIpc) is 2.75. The number of carbonyl (C=O) groups excluding carboxylic acids is 1. The average molecular weight is 397 g/mol. The summed E-state index contributed by atoms with van der Waals surface area (Å²) >= 11 is 0. The maximum atomic E-state index is 12.7. The van der Waals surface area contributed by atoms with Crippen LogP contribution < -0.4 is 25.1 Å². The van der Waals surface area contributed by atoms with Crippen LogP contribution >= 0.6 is 0 Å². The van der Waals surface area contributed by atoms with E-state index in [0.29, 0.717) is 35.4 Å². The lowest BCUT2D eigenvalue weighted by atomic mass is 10.1. The summed E-state index contributed by atoms with van der Waals surface area (Å²) in [4.78, 5) is 29.3. The van der Waals surface area contributed by atoms with Crippen LogP contribution in [0.4, 0.5) is 0 Å². The smallest absolute Gasteiger partial charge is 0.261 e.